The molecule has 0 spiro atoms. The number of nitrogen functional groups attached to an aromatic ring is 1. The molecule has 5 heterocycles. The van der Waals surface area contributed by atoms with Gasteiger partial charge in [-0.05, 0) is 24.3 Å². The second-order valence-electron chi connectivity index (χ2n) is 7.62. The Balaban J connectivity index is 1.58. The summed E-state index contributed by atoms with van der Waals surface area (Å²) in [4.78, 5) is 30.5. The van der Waals surface area contributed by atoms with Gasteiger partial charge < -0.3 is 15.6 Å². The molecule has 9 heteroatoms. The zero-order valence-electron chi connectivity index (χ0n) is 16.9. The van der Waals surface area contributed by atoms with Crippen molar-refractivity contribution >= 4 is 39.5 Å². The Bertz CT molecular complexity index is 1530. The van der Waals surface area contributed by atoms with Gasteiger partial charge in [-0.15, -0.1) is 0 Å². The summed E-state index contributed by atoms with van der Waals surface area (Å²) in [5, 5.41) is 6.56. The topological polar surface area (TPSA) is 119 Å². The highest BCUT2D eigenvalue weighted by Crippen LogP contribution is 2.40. The monoisotopic (exact) mass is 422 g/mol. The fraction of sp³-hybridized carbons (Fsp3) is 0.0870. The third kappa shape index (κ3) is 2.54. The predicted molar refractivity (Wildman–Crippen MR) is 122 cm³/mol. The van der Waals surface area contributed by atoms with Crippen LogP contribution in [0, 0.1) is 0 Å². The van der Waals surface area contributed by atoms with Gasteiger partial charge in [-0.3, -0.25) is 4.79 Å². The van der Waals surface area contributed by atoms with E-state index in [-0.39, 0.29) is 11.9 Å². The van der Waals surface area contributed by atoms with Gasteiger partial charge in [0.2, 0.25) is 5.91 Å². The molecule has 1 amide bonds. The van der Waals surface area contributed by atoms with Crippen LogP contribution in [0.25, 0.3) is 33.3 Å². The van der Waals surface area contributed by atoms with Gasteiger partial charge in [0, 0.05) is 34.6 Å². The quantitative estimate of drug-likeness (QED) is 0.431. The third-order valence-corrected chi connectivity index (χ3v) is 5.87. The summed E-state index contributed by atoms with van der Waals surface area (Å²) in [7, 11) is 0. The number of amides is 1. The number of H-pyrrole nitrogens is 1. The summed E-state index contributed by atoms with van der Waals surface area (Å²) in [6, 6.07) is 11.5. The van der Waals surface area contributed by atoms with Gasteiger partial charge in [-0.2, -0.15) is 5.10 Å². The van der Waals surface area contributed by atoms with Gasteiger partial charge >= 0.3 is 0 Å². The Morgan fingerprint density at radius 1 is 1.22 bits per heavy atom. The van der Waals surface area contributed by atoms with Crippen LogP contribution in [0.2, 0.25) is 0 Å². The summed E-state index contributed by atoms with van der Waals surface area (Å²) in [6.07, 6.45) is 6.36. The van der Waals surface area contributed by atoms with Crippen molar-refractivity contribution in [2.24, 2.45) is 0 Å². The number of rotatable bonds is 3. The average molecular weight is 422 g/mol. The number of nitrogens with one attached hydrogen (secondary N) is 1. The van der Waals surface area contributed by atoms with Crippen LogP contribution in [0.3, 0.4) is 0 Å². The van der Waals surface area contributed by atoms with E-state index in [4.69, 9.17) is 10.8 Å². The fourth-order valence-electron chi connectivity index (χ4n) is 4.40. The molecule has 0 aliphatic carbocycles. The largest absolute Gasteiger partial charge is 0.383 e. The number of para-hydroxylation sites is 1. The Morgan fingerprint density at radius 2 is 2.09 bits per heavy atom. The predicted octanol–water partition coefficient (Wildman–Crippen LogP) is 3.07. The minimum absolute atomic E-state index is 0.159. The summed E-state index contributed by atoms with van der Waals surface area (Å²) in [5.74, 6) is 0.184. The molecule has 4 aromatic heterocycles. The number of nitrogens with two attached hydrogens (primary N) is 1. The highest BCUT2D eigenvalue weighted by atomic mass is 16.2. The molecule has 0 bridgehead atoms. The standard InChI is InChI=1S/C23H18N8O/c1-2-18(32)30-11-17(15-5-3-4-6-16(15)30)31-23-19(21(24)27-12-28-23)20(29-31)14-9-13-7-8-25-22(13)26-10-14/h2-10,12,17H,1,11H2,(H,25,26)(H2,24,27,28). The van der Waals surface area contributed by atoms with E-state index in [1.54, 1.807) is 11.1 Å². The van der Waals surface area contributed by atoms with E-state index in [1.165, 1.54) is 12.4 Å². The van der Waals surface area contributed by atoms with Crippen molar-refractivity contribution in [2.45, 2.75) is 6.04 Å². The molecule has 1 aromatic carbocycles. The molecule has 0 fully saturated rings. The zero-order chi connectivity index (χ0) is 21.8. The number of nitrogens with zero attached hydrogens (tertiary/aromatic N) is 6. The normalized spacial score (nSPS) is 15.4. The van der Waals surface area contributed by atoms with Crippen LogP contribution in [-0.2, 0) is 4.79 Å². The van der Waals surface area contributed by atoms with Crippen molar-refractivity contribution < 1.29 is 4.79 Å². The van der Waals surface area contributed by atoms with E-state index in [2.05, 4.69) is 26.5 Å². The van der Waals surface area contributed by atoms with Crippen LogP contribution < -0.4 is 10.6 Å². The maximum Gasteiger partial charge on any atom is 0.250 e. The summed E-state index contributed by atoms with van der Waals surface area (Å²) >= 11 is 0. The first-order valence-electron chi connectivity index (χ1n) is 10.1. The molecule has 5 aromatic rings. The molecule has 9 nitrogen and oxygen atoms in total. The average Bonchev–Trinajstić information content (AvgIpc) is 3.53. The second kappa shape index (κ2) is 6.74. The number of carbonyl (C=O) groups excluding carboxylic acids is 1. The van der Waals surface area contributed by atoms with Gasteiger partial charge in [0.15, 0.2) is 5.65 Å². The SMILES string of the molecule is C=CC(=O)N1CC(n2nc(-c3cnc4[nH]ccc4c3)c3c(N)ncnc32)c2ccccc21. The van der Waals surface area contributed by atoms with E-state index >= 15 is 0 Å². The Kier molecular flexibility index (Phi) is 3.85. The first kappa shape index (κ1) is 18.3. The number of pyridine rings is 1. The van der Waals surface area contributed by atoms with Crippen molar-refractivity contribution in [3.05, 3.63) is 73.3 Å². The molecule has 1 aliphatic rings. The number of aromatic nitrogens is 6. The maximum absolute atomic E-state index is 12.5. The molecule has 3 N–H and O–H groups in total. The van der Waals surface area contributed by atoms with E-state index in [9.17, 15) is 4.79 Å². The van der Waals surface area contributed by atoms with Gasteiger partial charge in [0.25, 0.3) is 0 Å². The van der Waals surface area contributed by atoms with Crippen molar-refractivity contribution in [2.75, 3.05) is 17.2 Å². The number of anilines is 2. The van der Waals surface area contributed by atoms with Crippen LogP contribution >= 0.6 is 0 Å². The molecule has 0 saturated carbocycles. The van der Waals surface area contributed by atoms with Crippen LogP contribution in [0.4, 0.5) is 11.5 Å². The summed E-state index contributed by atoms with van der Waals surface area (Å²) in [6.45, 7) is 4.06. The molecule has 1 atom stereocenters. The lowest BCUT2D eigenvalue weighted by Crippen LogP contribution is -2.29. The number of fused-ring (bicyclic) bond motifs is 3. The molecule has 32 heavy (non-hydrogen) atoms. The van der Waals surface area contributed by atoms with E-state index in [0.717, 1.165) is 27.8 Å². The molecule has 0 saturated heterocycles. The van der Waals surface area contributed by atoms with Crippen molar-refractivity contribution in [1.29, 1.82) is 0 Å². The van der Waals surface area contributed by atoms with E-state index in [1.807, 2.05) is 47.3 Å². The van der Waals surface area contributed by atoms with Crippen molar-refractivity contribution in [3.63, 3.8) is 0 Å². The zero-order valence-corrected chi connectivity index (χ0v) is 16.9. The van der Waals surface area contributed by atoms with Crippen molar-refractivity contribution in [3.8, 4) is 11.3 Å². The maximum atomic E-state index is 12.5. The highest BCUT2D eigenvalue weighted by molar-refractivity contribution is 6.03. The van der Waals surface area contributed by atoms with Gasteiger partial charge in [-0.25, -0.2) is 19.6 Å². The number of carbonyl (C=O) groups is 1. The van der Waals surface area contributed by atoms with Crippen LogP contribution in [0.15, 0.2) is 67.8 Å². The van der Waals surface area contributed by atoms with Crippen molar-refractivity contribution in [1.82, 2.24) is 29.7 Å². The van der Waals surface area contributed by atoms with Gasteiger partial charge in [0.05, 0.1) is 18.0 Å². The minimum Gasteiger partial charge on any atom is -0.383 e. The fourth-order valence-corrected chi connectivity index (χ4v) is 4.40. The molecule has 0 radical (unpaired) electrons. The molecule has 156 valence electrons. The first-order chi connectivity index (χ1) is 15.7. The summed E-state index contributed by atoms with van der Waals surface area (Å²) in [5.41, 5.74) is 11.0. The Labute approximate surface area is 182 Å². The smallest absolute Gasteiger partial charge is 0.250 e. The number of hydrogen-bond donors (Lipinski definition) is 2. The summed E-state index contributed by atoms with van der Waals surface area (Å²) < 4.78 is 1.83. The minimum atomic E-state index is -0.232. The van der Waals surface area contributed by atoms with Gasteiger partial charge in [-0.1, -0.05) is 24.8 Å². The van der Waals surface area contributed by atoms with E-state index in [0.29, 0.717) is 29.1 Å². The number of aromatic amines is 1. The number of benzene rings is 1. The third-order valence-electron chi connectivity index (χ3n) is 5.87. The molecular formula is C23H18N8O. The van der Waals surface area contributed by atoms with Gasteiger partial charge in [0.1, 0.15) is 23.5 Å². The van der Waals surface area contributed by atoms with Crippen LogP contribution in [-0.4, -0.2) is 42.2 Å². The molecule has 1 aliphatic heterocycles. The highest BCUT2D eigenvalue weighted by Gasteiger charge is 2.35. The second-order valence-corrected chi connectivity index (χ2v) is 7.62. The van der Waals surface area contributed by atoms with Crippen LogP contribution in [0.5, 0.6) is 0 Å². The lowest BCUT2D eigenvalue weighted by Gasteiger charge is -2.16. The molecule has 1 unspecified atom stereocenters. The Morgan fingerprint density at radius 3 is 2.97 bits per heavy atom. The van der Waals surface area contributed by atoms with E-state index < -0.39 is 0 Å². The lowest BCUT2D eigenvalue weighted by molar-refractivity contribution is -0.114. The van der Waals surface area contributed by atoms with Crippen LogP contribution in [0.1, 0.15) is 11.6 Å². The molecule has 6 rings (SSSR count). The first-order valence-corrected chi connectivity index (χ1v) is 10.1. The number of hydrogen-bond acceptors (Lipinski definition) is 6. The Hall–Kier alpha value is -4.53. The lowest BCUT2D eigenvalue weighted by atomic mass is 10.1. The molecular weight excluding hydrogens is 404 g/mol.